The fraction of sp³-hybridized carbons (Fsp3) is 0.438. The van der Waals surface area contributed by atoms with Crippen molar-refractivity contribution in [2.45, 2.75) is 25.9 Å². The minimum absolute atomic E-state index is 0.0589. The minimum Gasteiger partial charge on any atom is -0.396 e. The average Bonchev–Trinajstić information content (AvgIpc) is 2.84. The normalized spacial score (nSPS) is 12.5. The second kappa shape index (κ2) is 7.24. The summed E-state index contributed by atoms with van der Waals surface area (Å²) in [7, 11) is 1.65. The van der Waals surface area contributed by atoms with E-state index in [-0.39, 0.29) is 18.6 Å². The van der Waals surface area contributed by atoms with E-state index in [1.165, 1.54) is 0 Å². The summed E-state index contributed by atoms with van der Waals surface area (Å²) in [5, 5.41) is 12.9. The Morgan fingerprint density at radius 1 is 1.43 bits per heavy atom. The molecule has 2 N–H and O–H groups in total. The summed E-state index contributed by atoms with van der Waals surface area (Å²) in [6.07, 6.45) is 0.546. The van der Waals surface area contributed by atoms with Crippen LogP contribution in [-0.4, -0.2) is 41.9 Å². The molecule has 0 saturated carbocycles. The molecule has 0 aliphatic carbocycles. The summed E-state index contributed by atoms with van der Waals surface area (Å²) in [5.74, 6) is -0.122. The largest absolute Gasteiger partial charge is 0.396 e. The van der Waals surface area contributed by atoms with Gasteiger partial charge in [0.15, 0.2) is 0 Å². The predicted molar refractivity (Wildman–Crippen MR) is 82.4 cm³/mol. The highest BCUT2D eigenvalue weighted by Gasteiger charge is 2.16. The van der Waals surface area contributed by atoms with Crippen LogP contribution in [0.3, 0.4) is 0 Å². The first-order chi connectivity index (χ1) is 10.2. The highest BCUT2D eigenvalue weighted by atomic mass is 16.5. The molecule has 5 nitrogen and oxygen atoms in total. The topological polar surface area (TPSA) is 63.5 Å². The molecule has 0 aliphatic rings. The Morgan fingerprint density at radius 2 is 2.19 bits per heavy atom. The van der Waals surface area contributed by atoms with Crippen LogP contribution in [-0.2, 0) is 11.3 Å². The molecule has 0 aliphatic heterocycles. The number of carbonyl (C=O) groups excluding carboxylic acids is 1. The molecule has 1 atom stereocenters. The van der Waals surface area contributed by atoms with Crippen molar-refractivity contribution in [3.8, 4) is 0 Å². The van der Waals surface area contributed by atoms with Crippen LogP contribution >= 0.6 is 0 Å². The van der Waals surface area contributed by atoms with E-state index in [1.54, 1.807) is 7.11 Å². The predicted octanol–water partition coefficient (Wildman–Crippen LogP) is 1.79. The molecule has 2 aromatic rings. The Labute approximate surface area is 124 Å². The highest BCUT2D eigenvalue weighted by Crippen LogP contribution is 2.20. The lowest BCUT2D eigenvalue weighted by Crippen LogP contribution is -2.34. The number of hydrogen-bond acceptors (Lipinski definition) is 3. The first-order valence-electron chi connectivity index (χ1n) is 7.16. The van der Waals surface area contributed by atoms with Crippen molar-refractivity contribution in [3.63, 3.8) is 0 Å². The number of fused-ring (bicyclic) bond motifs is 1. The lowest BCUT2D eigenvalue weighted by molar-refractivity contribution is 0.0923. The molecule has 1 aromatic carbocycles. The monoisotopic (exact) mass is 290 g/mol. The first kappa shape index (κ1) is 15.5. The van der Waals surface area contributed by atoms with Crippen LogP contribution in [0.4, 0.5) is 0 Å². The Balaban J connectivity index is 2.30. The molecular weight excluding hydrogens is 268 g/mol. The molecule has 0 bridgehead atoms. The number of benzene rings is 1. The van der Waals surface area contributed by atoms with Gasteiger partial charge in [-0.05, 0) is 25.5 Å². The number of aliphatic hydroxyl groups is 1. The van der Waals surface area contributed by atoms with Gasteiger partial charge in [0, 0.05) is 37.2 Å². The maximum absolute atomic E-state index is 12.4. The summed E-state index contributed by atoms with van der Waals surface area (Å²) in [6.45, 7) is 3.12. The fourth-order valence-corrected chi connectivity index (χ4v) is 2.39. The molecule has 0 fully saturated rings. The third-order valence-corrected chi connectivity index (χ3v) is 3.50. The van der Waals surface area contributed by atoms with E-state index in [1.807, 2.05) is 41.8 Å². The quantitative estimate of drug-likeness (QED) is 0.817. The number of aliphatic hydroxyl groups excluding tert-OH is 1. The molecule has 0 saturated heterocycles. The SMILES string of the molecule is COCCn1c(C(=O)N[C@H](C)CCO)cc2ccccc21. The summed E-state index contributed by atoms with van der Waals surface area (Å²) in [4.78, 5) is 12.4. The third-order valence-electron chi connectivity index (χ3n) is 3.50. The number of para-hydroxylation sites is 1. The van der Waals surface area contributed by atoms with Crippen LogP contribution in [0, 0.1) is 0 Å². The summed E-state index contributed by atoms with van der Waals surface area (Å²) in [6, 6.07) is 9.74. The molecule has 0 unspecified atom stereocenters. The molecule has 5 heteroatoms. The Bertz CT molecular complexity index is 607. The van der Waals surface area contributed by atoms with Gasteiger partial charge >= 0.3 is 0 Å². The van der Waals surface area contributed by atoms with E-state index >= 15 is 0 Å². The zero-order valence-electron chi connectivity index (χ0n) is 12.5. The summed E-state index contributed by atoms with van der Waals surface area (Å²) in [5.41, 5.74) is 1.65. The number of hydrogen-bond donors (Lipinski definition) is 2. The minimum atomic E-state index is -0.122. The van der Waals surface area contributed by atoms with Gasteiger partial charge in [-0.2, -0.15) is 0 Å². The maximum atomic E-state index is 12.4. The van der Waals surface area contributed by atoms with Crippen LogP contribution in [0.15, 0.2) is 30.3 Å². The number of ether oxygens (including phenoxy) is 1. The van der Waals surface area contributed by atoms with Crippen LogP contribution in [0.2, 0.25) is 0 Å². The third kappa shape index (κ3) is 3.62. The van der Waals surface area contributed by atoms with Gasteiger partial charge in [0.2, 0.25) is 0 Å². The van der Waals surface area contributed by atoms with E-state index in [4.69, 9.17) is 9.84 Å². The molecule has 1 amide bonds. The number of nitrogens with zero attached hydrogens (tertiary/aromatic N) is 1. The number of nitrogens with one attached hydrogen (secondary N) is 1. The van der Waals surface area contributed by atoms with E-state index in [0.717, 1.165) is 10.9 Å². The Kier molecular flexibility index (Phi) is 5.36. The number of carbonyl (C=O) groups is 1. The van der Waals surface area contributed by atoms with Gasteiger partial charge < -0.3 is 19.7 Å². The second-order valence-electron chi connectivity index (χ2n) is 5.12. The second-order valence-corrected chi connectivity index (χ2v) is 5.12. The number of rotatable bonds is 7. The number of aromatic nitrogens is 1. The van der Waals surface area contributed by atoms with Crippen molar-refractivity contribution >= 4 is 16.8 Å². The molecule has 2 rings (SSSR count). The maximum Gasteiger partial charge on any atom is 0.268 e. The van der Waals surface area contributed by atoms with E-state index in [2.05, 4.69) is 5.32 Å². The number of methoxy groups -OCH3 is 1. The van der Waals surface area contributed by atoms with Gasteiger partial charge in [0.1, 0.15) is 5.69 Å². The van der Waals surface area contributed by atoms with Crippen LogP contribution in [0.5, 0.6) is 0 Å². The van der Waals surface area contributed by atoms with Crippen molar-refractivity contribution in [3.05, 3.63) is 36.0 Å². The Hall–Kier alpha value is -1.85. The summed E-state index contributed by atoms with van der Waals surface area (Å²) < 4.78 is 7.10. The lowest BCUT2D eigenvalue weighted by Gasteiger charge is -2.14. The summed E-state index contributed by atoms with van der Waals surface area (Å²) >= 11 is 0. The zero-order valence-corrected chi connectivity index (χ0v) is 12.5. The van der Waals surface area contributed by atoms with E-state index in [9.17, 15) is 4.79 Å². The van der Waals surface area contributed by atoms with Crippen LogP contribution in [0.1, 0.15) is 23.8 Å². The standard InChI is InChI=1S/C16H22N2O3/c1-12(7-9-19)17-16(20)15-11-13-5-3-4-6-14(13)18(15)8-10-21-2/h3-6,11-12,19H,7-10H2,1-2H3,(H,17,20)/t12-/m1/s1. The first-order valence-corrected chi connectivity index (χ1v) is 7.16. The molecule has 1 aromatic heterocycles. The molecule has 0 spiro atoms. The molecule has 0 radical (unpaired) electrons. The van der Waals surface area contributed by atoms with Crippen molar-refractivity contribution in [2.24, 2.45) is 0 Å². The molecular formula is C16H22N2O3. The van der Waals surface area contributed by atoms with Crippen molar-refractivity contribution in [1.29, 1.82) is 0 Å². The highest BCUT2D eigenvalue weighted by molar-refractivity contribution is 5.98. The van der Waals surface area contributed by atoms with Crippen molar-refractivity contribution < 1.29 is 14.6 Å². The molecule has 114 valence electrons. The Morgan fingerprint density at radius 3 is 2.90 bits per heavy atom. The van der Waals surface area contributed by atoms with Crippen LogP contribution < -0.4 is 5.32 Å². The lowest BCUT2D eigenvalue weighted by atomic mass is 10.2. The van der Waals surface area contributed by atoms with Gasteiger partial charge in [-0.1, -0.05) is 18.2 Å². The average molecular weight is 290 g/mol. The van der Waals surface area contributed by atoms with E-state index in [0.29, 0.717) is 25.3 Å². The van der Waals surface area contributed by atoms with Crippen LogP contribution in [0.25, 0.3) is 10.9 Å². The number of amides is 1. The van der Waals surface area contributed by atoms with Gasteiger partial charge in [-0.25, -0.2) is 0 Å². The van der Waals surface area contributed by atoms with Gasteiger partial charge in [0.25, 0.3) is 5.91 Å². The molecule has 21 heavy (non-hydrogen) atoms. The van der Waals surface area contributed by atoms with Crippen molar-refractivity contribution in [1.82, 2.24) is 9.88 Å². The van der Waals surface area contributed by atoms with Gasteiger partial charge in [-0.15, -0.1) is 0 Å². The molecule has 1 heterocycles. The van der Waals surface area contributed by atoms with E-state index < -0.39 is 0 Å². The van der Waals surface area contributed by atoms with Crippen molar-refractivity contribution in [2.75, 3.05) is 20.3 Å². The zero-order chi connectivity index (χ0) is 15.2. The smallest absolute Gasteiger partial charge is 0.268 e. The van der Waals surface area contributed by atoms with Gasteiger partial charge in [-0.3, -0.25) is 4.79 Å². The fourth-order valence-electron chi connectivity index (χ4n) is 2.39. The van der Waals surface area contributed by atoms with Gasteiger partial charge in [0.05, 0.1) is 6.61 Å².